The van der Waals surface area contributed by atoms with Crippen LogP contribution in [0.5, 0.6) is 0 Å². The van der Waals surface area contributed by atoms with Gasteiger partial charge in [0.25, 0.3) is 0 Å². The third kappa shape index (κ3) is 5.42. The molecule has 0 aromatic heterocycles. The number of Topliss-reactive ketones (excluding diaryl/α,β-unsaturated/α-hetero) is 1. The van der Waals surface area contributed by atoms with E-state index in [1.165, 1.54) is 0 Å². The predicted molar refractivity (Wildman–Crippen MR) is 150 cm³/mol. The summed E-state index contributed by atoms with van der Waals surface area (Å²) in [7, 11) is 0. The number of rotatable bonds is 5. The zero-order valence-corrected chi connectivity index (χ0v) is 25.7. The van der Waals surface area contributed by atoms with Gasteiger partial charge in [-0.1, -0.05) is 27.7 Å². The summed E-state index contributed by atoms with van der Waals surface area (Å²) < 4.78 is 11.6. The van der Waals surface area contributed by atoms with Gasteiger partial charge in [0.15, 0.2) is 0 Å². The highest BCUT2D eigenvalue weighted by Gasteiger charge is 2.69. The summed E-state index contributed by atoms with van der Waals surface area (Å²) in [6.45, 7) is 16.5. The van der Waals surface area contributed by atoms with Gasteiger partial charge in [0.2, 0.25) is 0 Å². The van der Waals surface area contributed by atoms with Gasteiger partial charge in [0.1, 0.15) is 24.1 Å². The van der Waals surface area contributed by atoms with Gasteiger partial charge in [-0.3, -0.25) is 9.69 Å². The average Bonchev–Trinajstić information content (AvgIpc) is 3.25. The molecular formula is C31H52N2O7. The van der Waals surface area contributed by atoms with E-state index < -0.39 is 41.2 Å². The van der Waals surface area contributed by atoms with E-state index in [9.17, 15) is 24.6 Å². The largest absolute Gasteiger partial charge is 0.460 e. The van der Waals surface area contributed by atoms with Gasteiger partial charge in [-0.2, -0.15) is 0 Å². The Morgan fingerprint density at radius 2 is 1.75 bits per heavy atom. The molecule has 1 unspecified atom stereocenters. The monoisotopic (exact) mass is 564 g/mol. The number of carbonyl (C=O) groups excluding carboxylic acids is 3. The Morgan fingerprint density at radius 3 is 2.33 bits per heavy atom. The molecule has 3 saturated carbocycles. The molecule has 0 aromatic carbocycles. The summed E-state index contributed by atoms with van der Waals surface area (Å²) >= 11 is 0. The fourth-order valence-corrected chi connectivity index (χ4v) is 8.65. The van der Waals surface area contributed by atoms with Crippen LogP contribution < -0.4 is 0 Å². The lowest BCUT2D eigenvalue weighted by atomic mass is 9.43. The summed E-state index contributed by atoms with van der Waals surface area (Å²) in [5.74, 6) is -0.745. The number of carbonyl (C=O) groups is 3. The van der Waals surface area contributed by atoms with Crippen molar-refractivity contribution >= 4 is 17.8 Å². The van der Waals surface area contributed by atoms with Gasteiger partial charge in [-0.05, 0) is 69.6 Å². The third-order valence-corrected chi connectivity index (χ3v) is 11.3. The van der Waals surface area contributed by atoms with E-state index in [4.69, 9.17) is 9.47 Å². The van der Waals surface area contributed by atoms with Crippen LogP contribution in [0.3, 0.4) is 0 Å². The van der Waals surface area contributed by atoms with E-state index >= 15 is 0 Å². The average molecular weight is 565 g/mol. The van der Waals surface area contributed by atoms with E-state index in [0.29, 0.717) is 52.0 Å². The fraction of sp³-hybridized carbons (Fsp3) is 0.903. The molecule has 40 heavy (non-hydrogen) atoms. The van der Waals surface area contributed by atoms with Gasteiger partial charge in [-0.15, -0.1) is 0 Å². The summed E-state index contributed by atoms with van der Waals surface area (Å²) in [5, 5.41) is 21.8. The molecule has 2 N–H and O–H groups in total. The van der Waals surface area contributed by atoms with Crippen molar-refractivity contribution in [1.82, 2.24) is 9.80 Å². The summed E-state index contributed by atoms with van der Waals surface area (Å²) in [6, 6.07) is 0. The quantitative estimate of drug-likeness (QED) is 0.486. The molecule has 0 spiro atoms. The van der Waals surface area contributed by atoms with Crippen LogP contribution >= 0.6 is 0 Å². The van der Waals surface area contributed by atoms with Gasteiger partial charge in [-0.25, -0.2) is 9.59 Å². The fourth-order valence-electron chi connectivity index (χ4n) is 8.65. The number of ketones is 1. The zero-order chi connectivity index (χ0) is 29.7. The minimum absolute atomic E-state index is 0.122. The third-order valence-electron chi connectivity index (χ3n) is 11.3. The van der Waals surface area contributed by atoms with Crippen LogP contribution in [0.1, 0.15) is 87.0 Å². The number of aliphatic hydroxyl groups excluding tert-OH is 2. The molecule has 9 heteroatoms. The first-order chi connectivity index (χ1) is 18.6. The zero-order valence-electron chi connectivity index (χ0n) is 25.7. The second-order valence-corrected chi connectivity index (χ2v) is 14.6. The molecule has 9 nitrogen and oxygen atoms in total. The Kier molecular flexibility index (Phi) is 8.73. The molecule has 1 amide bonds. The van der Waals surface area contributed by atoms with Crippen LogP contribution in [-0.2, 0) is 19.1 Å². The highest BCUT2D eigenvalue weighted by molar-refractivity contribution is 5.85. The Balaban J connectivity index is 1.67. The lowest BCUT2D eigenvalue weighted by molar-refractivity contribution is -0.217. The van der Waals surface area contributed by atoms with E-state index in [1.807, 2.05) is 20.8 Å². The number of piperazine rings is 1. The van der Waals surface area contributed by atoms with Crippen molar-refractivity contribution in [3.05, 3.63) is 0 Å². The summed E-state index contributed by atoms with van der Waals surface area (Å²) in [5.41, 5.74) is -2.05. The smallest absolute Gasteiger partial charge is 0.410 e. The lowest BCUT2D eigenvalue weighted by Gasteiger charge is -2.63. The van der Waals surface area contributed by atoms with Gasteiger partial charge < -0.3 is 24.6 Å². The second kappa shape index (κ2) is 11.2. The molecule has 1 aliphatic heterocycles. The van der Waals surface area contributed by atoms with Crippen molar-refractivity contribution in [3.8, 4) is 0 Å². The van der Waals surface area contributed by atoms with Crippen LogP contribution in [0.25, 0.3) is 0 Å². The molecule has 8 atom stereocenters. The predicted octanol–water partition coefficient (Wildman–Crippen LogP) is 3.64. The van der Waals surface area contributed by atoms with E-state index in [0.717, 1.165) is 19.3 Å². The van der Waals surface area contributed by atoms with E-state index in [-0.39, 0.29) is 35.0 Å². The first-order valence-corrected chi connectivity index (χ1v) is 15.3. The molecule has 1 saturated heterocycles. The Morgan fingerprint density at radius 1 is 1.10 bits per heavy atom. The Labute approximate surface area is 239 Å². The van der Waals surface area contributed by atoms with Crippen molar-refractivity contribution in [2.45, 2.75) is 105 Å². The highest BCUT2D eigenvalue weighted by Crippen LogP contribution is 2.68. The molecule has 228 valence electrons. The van der Waals surface area contributed by atoms with E-state index in [1.54, 1.807) is 4.90 Å². The summed E-state index contributed by atoms with van der Waals surface area (Å²) in [4.78, 5) is 43.0. The van der Waals surface area contributed by atoms with Crippen molar-refractivity contribution in [2.75, 3.05) is 39.3 Å². The van der Waals surface area contributed by atoms with Crippen LogP contribution in [-0.4, -0.2) is 95.0 Å². The normalized spacial score (nSPS) is 40.7. The molecule has 0 radical (unpaired) electrons. The molecule has 2 bridgehead atoms. The van der Waals surface area contributed by atoms with Crippen LogP contribution in [0, 0.1) is 34.0 Å². The van der Waals surface area contributed by atoms with Crippen molar-refractivity contribution in [3.63, 3.8) is 0 Å². The molecular weight excluding hydrogens is 512 g/mol. The number of hydrogen-bond acceptors (Lipinski definition) is 8. The van der Waals surface area contributed by atoms with Gasteiger partial charge in [0.05, 0.1) is 6.10 Å². The first kappa shape index (κ1) is 31.2. The maximum absolute atomic E-state index is 13.8. The SMILES string of the molecule is CC[C@@]1(C)C[C@@H](OC(=O)CO)[C@@]2(C)C3C(=O)CC[C@@]3(CC[C@H]2C)[C@@H](CN2CCN(C(=O)OC(C)(C)C)CC2)[C@@H]1O. The number of nitrogens with zero attached hydrogens (tertiary/aromatic N) is 2. The molecule has 4 aliphatic rings. The molecule has 4 fully saturated rings. The second-order valence-electron chi connectivity index (χ2n) is 14.6. The van der Waals surface area contributed by atoms with Crippen LogP contribution in [0.15, 0.2) is 0 Å². The van der Waals surface area contributed by atoms with Crippen molar-refractivity contribution in [1.29, 1.82) is 0 Å². The molecule has 3 aliphatic carbocycles. The number of hydrogen-bond donors (Lipinski definition) is 2. The minimum atomic E-state index is -0.700. The Bertz CT molecular complexity index is 973. The van der Waals surface area contributed by atoms with Crippen molar-refractivity contribution in [2.24, 2.45) is 34.0 Å². The lowest BCUT2D eigenvalue weighted by Crippen LogP contribution is -2.65. The minimum Gasteiger partial charge on any atom is -0.460 e. The maximum atomic E-state index is 13.8. The molecule has 4 rings (SSSR count). The number of amides is 1. The number of esters is 1. The highest BCUT2D eigenvalue weighted by atomic mass is 16.6. The molecule has 1 heterocycles. The Hall–Kier alpha value is -1.71. The topological polar surface area (TPSA) is 117 Å². The molecule has 0 aromatic rings. The number of ether oxygens (including phenoxy) is 2. The van der Waals surface area contributed by atoms with Gasteiger partial charge >= 0.3 is 12.1 Å². The van der Waals surface area contributed by atoms with Crippen LogP contribution in [0.2, 0.25) is 0 Å². The first-order valence-electron chi connectivity index (χ1n) is 15.3. The van der Waals surface area contributed by atoms with Gasteiger partial charge in [0, 0.05) is 56.4 Å². The number of aliphatic hydroxyl groups is 2. The van der Waals surface area contributed by atoms with Crippen LogP contribution in [0.4, 0.5) is 4.79 Å². The standard InChI is InChI=1S/C31H52N2O7/c1-8-29(6)17-23(39-24(36)19-34)30(7)20(2)9-11-31(12-10-22(35)25(30)31)21(26(29)37)18-32-13-15-33(16-14-32)27(38)40-28(3,4)5/h20-21,23,25-26,34,37H,8-19H2,1-7H3/t20-,21+,23-,25?,26+,29+,30+,31+/m1/s1. The summed E-state index contributed by atoms with van der Waals surface area (Å²) in [6.07, 6.45) is 2.56. The van der Waals surface area contributed by atoms with Crippen molar-refractivity contribution < 1.29 is 34.1 Å². The maximum Gasteiger partial charge on any atom is 0.410 e. The van der Waals surface area contributed by atoms with E-state index in [2.05, 4.69) is 32.6 Å².